The van der Waals surface area contributed by atoms with E-state index in [9.17, 15) is 10.1 Å². The highest BCUT2D eigenvalue weighted by Crippen LogP contribution is 2.24. The standard InChI is InChI=1S/C15H19N3O2S/c1-2-5-16-13-8-14(10-15(9-13)18(19)20)17-6-3-12-4-7-21-11-12/h4,7-11,16-17H,2-3,5-6H2,1H3. The Labute approximate surface area is 128 Å². The van der Waals surface area contributed by atoms with E-state index in [4.69, 9.17) is 0 Å². The first-order valence-corrected chi connectivity index (χ1v) is 7.91. The largest absolute Gasteiger partial charge is 0.385 e. The fourth-order valence-electron chi connectivity index (χ4n) is 1.98. The number of nitro groups is 1. The Bertz CT molecular complexity index is 585. The Morgan fingerprint density at radius 1 is 1.19 bits per heavy atom. The first-order valence-electron chi connectivity index (χ1n) is 6.97. The topological polar surface area (TPSA) is 67.2 Å². The smallest absolute Gasteiger partial charge is 0.273 e. The zero-order chi connectivity index (χ0) is 15.1. The summed E-state index contributed by atoms with van der Waals surface area (Å²) >= 11 is 1.68. The normalized spacial score (nSPS) is 10.3. The molecule has 1 heterocycles. The van der Waals surface area contributed by atoms with Gasteiger partial charge in [-0.15, -0.1) is 0 Å². The summed E-state index contributed by atoms with van der Waals surface area (Å²) in [4.78, 5) is 10.6. The molecule has 2 rings (SSSR count). The van der Waals surface area contributed by atoms with Gasteiger partial charge in [0, 0.05) is 36.6 Å². The second kappa shape index (κ2) is 7.64. The third kappa shape index (κ3) is 4.75. The third-order valence-corrected chi connectivity index (χ3v) is 3.76. The molecule has 5 nitrogen and oxygen atoms in total. The number of rotatable bonds is 8. The van der Waals surface area contributed by atoms with Gasteiger partial charge in [-0.05, 0) is 41.3 Å². The molecule has 0 atom stereocenters. The maximum absolute atomic E-state index is 11.0. The number of hydrogen-bond donors (Lipinski definition) is 2. The fraction of sp³-hybridized carbons (Fsp3) is 0.333. The second-order valence-electron chi connectivity index (χ2n) is 4.76. The number of nitro benzene ring substituents is 1. The van der Waals surface area contributed by atoms with Gasteiger partial charge in [-0.25, -0.2) is 0 Å². The quantitative estimate of drug-likeness (QED) is 0.568. The number of non-ortho nitro benzene ring substituents is 1. The van der Waals surface area contributed by atoms with Crippen LogP contribution < -0.4 is 10.6 Å². The van der Waals surface area contributed by atoms with Crippen LogP contribution in [0.1, 0.15) is 18.9 Å². The highest BCUT2D eigenvalue weighted by molar-refractivity contribution is 7.07. The van der Waals surface area contributed by atoms with E-state index >= 15 is 0 Å². The van der Waals surface area contributed by atoms with E-state index < -0.39 is 0 Å². The number of benzene rings is 1. The van der Waals surface area contributed by atoms with Gasteiger partial charge >= 0.3 is 0 Å². The van der Waals surface area contributed by atoms with Gasteiger partial charge in [-0.3, -0.25) is 10.1 Å². The zero-order valence-corrected chi connectivity index (χ0v) is 12.8. The van der Waals surface area contributed by atoms with Crippen molar-refractivity contribution < 1.29 is 4.92 Å². The summed E-state index contributed by atoms with van der Waals surface area (Å²) in [5, 5.41) is 21.6. The lowest BCUT2D eigenvalue weighted by molar-refractivity contribution is -0.384. The Hall–Kier alpha value is -2.08. The monoisotopic (exact) mass is 305 g/mol. The van der Waals surface area contributed by atoms with Crippen molar-refractivity contribution in [3.8, 4) is 0 Å². The van der Waals surface area contributed by atoms with Gasteiger partial charge in [-0.2, -0.15) is 11.3 Å². The van der Waals surface area contributed by atoms with Crippen LogP contribution in [0.5, 0.6) is 0 Å². The molecule has 0 aliphatic rings. The van der Waals surface area contributed by atoms with Crippen molar-refractivity contribution in [2.45, 2.75) is 19.8 Å². The molecule has 2 aromatic rings. The van der Waals surface area contributed by atoms with Crippen LogP contribution in [-0.4, -0.2) is 18.0 Å². The lowest BCUT2D eigenvalue weighted by Gasteiger charge is -2.10. The number of nitrogens with one attached hydrogen (secondary N) is 2. The molecule has 2 N–H and O–H groups in total. The van der Waals surface area contributed by atoms with Crippen LogP contribution in [0.2, 0.25) is 0 Å². The molecule has 0 amide bonds. The van der Waals surface area contributed by atoms with Crippen LogP contribution in [0.4, 0.5) is 17.1 Å². The molecule has 6 heteroatoms. The number of nitrogens with zero attached hydrogens (tertiary/aromatic N) is 1. The van der Waals surface area contributed by atoms with Gasteiger partial charge in [0.25, 0.3) is 5.69 Å². The fourth-order valence-corrected chi connectivity index (χ4v) is 2.68. The van der Waals surface area contributed by atoms with Gasteiger partial charge in [-0.1, -0.05) is 6.92 Å². The van der Waals surface area contributed by atoms with Crippen LogP contribution in [0.15, 0.2) is 35.0 Å². The molecule has 1 aromatic carbocycles. The number of thiophene rings is 1. The van der Waals surface area contributed by atoms with Crippen molar-refractivity contribution in [3.05, 3.63) is 50.7 Å². The van der Waals surface area contributed by atoms with Gasteiger partial charge in [0.05, 0.1) is 4.92 Å². The molecule has 0 fully saturated rings. The van der Waals surface area contributed by atoms with Crippen molar-refractivity contribution in [1.82, 2.24) is 0 Å². The van der Waals surface area contributed by atoms with Crippen LogP contribution in [0, 0.1) is 10.1 Å². The first-order chi connectivity index (χ1) is 10.2. The molecular formula is C15H19N3O2S. The Kier molecular flexibility index (Phi) is 5.57. The van der Waals surface area contributed by atoms with E-state index in [-0.39, 0.29) is 10.6 Å². The average molecular weight is 305 g/mol. The predicted octanol–water partition coefficient (Wildman–Crippen LogP) is 4.13. The molecule has 21 heavy (non-hydrogen) atoms. The van der Waals surface area contributed by atoms with E-state index in [1.165, 1.54) is 5.56 Å². The van der Waals surface area contributed by atoms with E-state index in [2.05, 4.69) is 34.4 Å². The maximum atomic E-state index is 11.0. The average Bonchev–Trinajstić information content (AvgIpc) is 2.98. The van der Waals surface area contributed by atoms with E-state index in [1.54, 1.807) is 23.5 Å². The van der Waals surface area contributed by atoms with Crippen LogP contribution in [-0.2, 0) is 6.42 Å². The van der Waals surface area contributed by atoms with Crippen molar-refractivity contribution >= 4 is 28.4 Å². The molecule has 0 saturated carbocycles. The predicted molar refractivity (Wildman–Crippen MR) is 88.4 cm³/mol. The summed E-state index contributed by atoms with van der Waals surface area (Å²) in [6, 6.07) is 7.15. The van der Waals surface area contributed by atoms with E-state index in [0.29, 0.717) is 0 Å². The first kappa shape index (κ1) is 15.3. The van der Waals surface area contributed by atoms with Crippen LogP contribution in [0.3, 0.4) is 0 Å². The highest BCUT2D eigenvalue weighted by Gasteiger charge is 2.09. The molecule has 0 aliphatic carbocycles. The highest BCUT2D eigenvalue weighted by atomic mass is 32.1. The summed E-state index contributed by atoms with van der Waals surface area (Å²) in [5.74, 6) is 0. The van der Waals surface area contributed by atoms with Crippen molar-refractivity contribution in [1.29, 1.82) is 0 Å². The summed E-state index contributed by atoms with van der Waals surface area (Å²) in [7, 11) is 0. The molecule has 0 unspecified atom stereocenters. The molecule has 0 bridgehead atoms. The minimum Gasteiger partial charge on any atom is -0.385 e. The second-order valence-corrected chi connectivity index (χ2v) is 5.54. The lowest BCUT2D eigenvalue weighted by atomic mass is 10.2. The zero-order valence-electron chi connectivity index (χ0n) is 12.0. The number of anilines is 2. The summed E-state index contributed by atoms with van der Waals surface area (Å²) in [5.41, 5.74) is 2.94. The van der Waals surface area contributed by atoms with Gasteiger partial charge in [0.1, 0.15) is 0 Å². The van der Waals surface area contributed by atoms with Gasteiger partial charge in [0.15, 0.2) is 0 Å². The Balaban J connectivity index is 2.02. The minimum atomic E-state index is -0.360. The summed E-state index contributed by atoms with van der Waals surface area (Å²) < 4.78 is 0. The van der Waals surface area contributed by atoms with Crippen LogP contribution in [0.25, 0.3) is 0 Å². The maximum Gasteiger partial charge on any atom is 0.273 e. The molecule has 0 aliphatic heterocycles. The third-order valence-electron chi connectivity index (χ3n) is 3.03. The van der Waals surface area contributed by atoms with Crippen molar-refractivity contribution in [2.24, 2.45) is 0 Å². The van der Waals surface area contributed by atoms with E-state index in [1.807, 2.05) is 6.07 Å². The van der Waals surface area contributed by atoms with Crippen molar-refractivity contribution in [3.63, 3.8) is 0 Å². The molecule has 0 radical (unpaired) electrons. The SMILES string of the molecule is CCCNc1cc(NCCc2ccsc2)cc([N+](=O)[O-])c1. The van der Waals surface area contributed by atoms with Gasteiger partial charge in [0.2, 0.25) is 0 Å². The Morgan fingerprint density at radius 2 is 1.90 bits per heavy atom. The van der Waals surface area contributed by atoms with Gasteiger partial charge < -0.3 is 10.6 Å². The lowest BCUT2D eigenvalue weighted by Crippen LogP contribution is -2.06. The van der Waals surface area contributed by atoms with E-state index in [0.717, 1.165) is 37.3 Å². The number of hydrogen-bond acceptors (Lipinski definition) is 5. The van der Waals surface area contributed by atoms with Crippen molar-refractivity contribution in [2.75, 3.05) is 23.7 Å². The molecule has 1 aromatic heterocycles. The minimum absolute atomic E-state index is 0.106. The summed E-state index contributed by atoms with van der Waals surface area (Å²) in [6.07, 6.45) is 1.88. The van der Waals surface area contributed by atoms with Crippen LogP contribution >= 0.6 is 11.3 Å². The molecule has 0 saturated heterocycles. The molecule has 112 valence electrons. The molecular weight excluding hydrogens is 286 g/mol. The summed E-state index contributed by atoms with van der Waals surface area (Å²) in [6.45, 7) is 3.62. The Morgan fingerprint density at radius 3 is 2.48 bits per heavy atom. The molecule has 0 spiro atoms.